The van der Waals surface area contributed by atoms with Crippen molar-refractivity contribution in [2.45, 2.75) is 31.1 Å². The maximum Gasteiger partial charge on any atom is 0.302 e. The minimum atomic E-state index is -3.00. The standard InChI is InChI=1S/C19H15F2N3/c1-18(20,21)17-23-10-16-7-4-14(11-24(16)17)13-2-5-15(6-3-13)19(12-22)8-9-19/h2-7,10-11H,8-9H2,1H3. The fourth-order valence-electron chi connectivity index (χ4n) is 3.06. The summed E-state index contributed by atoms with van der Waals surface area (Å²) >= 11 is 0. The molecule has 0 amide bonds. The van der Waals surface area contributed by atoms with Crippen LogP contribution in [0.2, 0.25) is 0 Å². The Morgan fingerprint density at radius 3 is 2.38 bits per heavy atom. The van der Waals surface area contributed by atoms with Crippen LogP contribution in [0, 0.1) is 11.3 Å². The van der Waals surface area contributed by atoms with Gasteiger partial charge in [-0.15, -0.1) is 0 Å². The van der Waals surface area contributed by atoms with Crippen LogP contribution in [0.1, 0.15) is 31.2 Å². The van der Waals surface area contributed by atoms with E-state index >= 15 is 0 Å². The van der Waals surface area contributed by atoms with Crippen molar-refractivity contribution in [1.82, 2.24) is 9.38 Å². The van der Waals surface area contributed by atoms with Crippen LogP contribution in [0.25, 0.3) is 16.6 Å². The van der Waals surface area contributed by atoms with Gasteiger partial charge in [0.05, 0.1) is 23.2 Å². The number of pyridine rings is 1. The predicted molar refractivity (Wildman–Crippen MR) is 86.7 cm³/mol. The lowest BCUT2D eigenvalue weighted by molar-refractivity contribution is 0.00721. The Kier molecular flexibility index (Phi) is 3.01. The molecule has 0 radical (unpaired) electrons. The topological polar surface area (TPSA) is 41.1 Å². The van der Waals surface area contributed by atoms with Gasteiger partial charge in [0, 0.05) is 13.1 Å². The molecule has 4 rings (SSSR count). The molecule has 2 aromatic heterocycles. The SMILES string of the molecule is CC(F)(F)c1ncc2ccc(-c3ccc(C4(C#N)CC4)cc3)cn12. The molecule has 0 bridgehead atoms. The summed E-state index contributed by atoms with van der Waals surface area (Å²) in [6, 6.07) is 13.8. The zero-order chi connectivity index (χ0) is 16.9. The largest absolute Gasteiger partial charge is 0.302 e. The number of aromatic nitrogens is 2. The zero-order valence-corrected chi connectivity index (χ0v) is 13.1. The van der Waals surface area contributed by atoms with Crippen LogP contribution in [0.5, 0.6) is 0 Å². The molecular formula is C19H15F2N3. The number of rotatable bonds is 3. The van der Waals surface area contributed by atoms with E-state index in [1.807, 2.05) is 30.3 Å². The minimum absolute atomic E-state index is 0.266. The molecule has 3 aromatic rings. The Labute approximate surface area is 138 Å². The second kappa shape index (κ2) is 4.88. The molecule has 120 valence electrons. The molecule has 1 aliphatic carbocycles. The average molecular weight is 323 g/mol. The van der Waals surface area contributed by atoms with Crippen LogP contribution >= 0.6 is 0 Å². The number of nitrogens with zero attached hydrogens (tertiary/aromatic N) is 3. The molecule has 1 fully saturated rings. The van der Waals surface area contributed by atoms with Gasteiger partial charge in [-0.1, -0.05) is 30.3 Å². The van der Waals surface area contributed by atoms with Crippen LogP contribution in [-0.4, -0.2) is 9.38 Å². The number of halogens is 2. The number of hydrogen-bond acceptors (Lipinski definition) is 2. The van der Waals surface area contributed by atoms with Crippen molar-refractivity contribution in [2.75, 3.05) is 0 Å². The Morgan fingerprint density at radius 1 is 1.12 bits per heavy atom. The van der Waals surface area contributed by atoms with E-state index in [0.717, 1.165) is 36.5 Å². The lowest BCUT2D eigenvalue weighted by atomic mass is 9.95. The fraction of sp³-hybridized carbons (Fsp3) is 0.263. The van der Waals surface area contributed by atoms with Crippen LogP contribution in [0.4, 0.5) is 8.78 Å². The van der Waals surface area contributed by atoms with Gasteiger partial charge in [0.25, 0.3) is 0 Å². The molecule has 0 saturated heterocycles. The molecule has 1 saturated carbocycles. The van der Waals surface area contributed by atoms with Gasteiger partial charge in [0.2, 0.25) is 0 Å². The summed E-state index contributed by atoms with van der Waals surface area (Å²) in [6.45, 7) is 0.847. The summed E-state index contributed by atoms with van der Waals surface area (Å²) in [5, 5.41) is 9.27. The van der Waals surface area contributed by atoms with Gasteiger partial charge in [-0.2, -0.15) is 14.0 Å². The molecule has 5 heteroatoms. The van der Waals surface area contributed by atoms with Crippen molar-refractivity contribution >= 4 is 5.52 Å². The Morgan fingerprint density at radius 2 is 1.79 bits per heavy atom. The van der Waals surface area contributed by atoms with Crippen molar-refractivity contribution in [3.8, 4) is 17.2 Å². The third kappa shape index (κ3) is 2.26. The smallest absolute Gasteiger partial charge is 0.298 e. The Balaban J connectivity index is 1.75. The highest BCUT2D eigenvalue weighted by Gasteiger charge is 2.44. The van der Waals surface area contributed by atoms with Gasteiger partial charge in [-0.05, 0) is 35.6 Å². The lowest BCUT2D eigenvalue weighted by Crippen LogP contribution is -2.12. The number of hydrogen-bond donors (Lipinski definition) is 0. The van der Waals surface area contributed by atoms with E-state index in [1.54, 1.807) is 12.3 Å². The third-order valence-corrected chi connectivity index (χ3v) is 4.65. The van der Waals surface area contributed by atoms with Crippen LogP contribution in [0.3, 0.4) is 0 Å². The molecule has 0 aliphatic heterocycles. The second-order valence-corrected chi connectivity index (χ2v) is 6.45. The molecular weight excluding hydrogens is 308 g/mol. The van der Waals surface area contributed by atoms with Crippen LogP contribution < -0.4 is 0 Å². The van der Waals surface area contributed by atoms with E-state index in [4.69, 9.17) is 0 Å². The highest BCUT2D eigenvalue weighted by Crippen LogP contribution is 2.47. The first kappa shape index (κ1) is 14.8. The van der Waals surface area contributed by atoms with E-state index in [-0.39, 0.29) is 11.2 Å². The summed E-state index contributed by atoms with van der Waals surface area (Å²) in [5.41, 5.74) is 3.10. The van der Waals surface area contributed by atoms with E-state index < -0.39 is 5.92 Å². The zero-order valence-electron chi connectivity index (χ0n) is 13.1. The highest BCUT2D eigenvalue weighted by molar-refractivity contribution is 5.66. The molecule has 3 nitrogen and oxygen atoms in total. The van der Waals surface area contributed by atoms with Gasteiger partial charge >= 0.3 is 5.92 Å². The average Bonchev–Trinajstić information content (AvgIpc) is 3.25. The highest BCUT2D eigenvalue weighted by atomic mass is 19.3. The van der Waals surface area contributed by atoms with Crippen molar-refractivity contribution in [2.24, 2.45) is 0 Å². The van der Waals surface area contributed by atoms with Gasteiger partial charge in [0.15, 0.2) is 5.82 Å². The molecule has 2 heterocycles. The maximum atomic E-state index is 13.7. The number of nitriles is 1. The van der Waals surface area contributed by atoms with Gasteiger partial charge in [-0.25, -0.2) is 4.98 Å². The molecule has 1 aromatic carbocycles. The van der Waals surface area contributed by atoms with Crippen LogP contribution in [0.15, 0.2) is 48.8 Å². The van der Waals surface area contributed by atoms with Gasteiger partial charge in [0.1, 0.15) is 0 Å². The summed E-state index contributed by atoms with van der Waals surface area (Å²) in [4.78, 5) is 3.84. The first-order chi connectivity index (χ1) is 11.4. The van der Waals surface area contributed by atoms with Crippen LogP contribution in [-0.2, 0) is 11.3 Å². The summed E-state index contributed by atoms with van der Waals surface area (Å²) in [5.74, 6) is -3.27. The fourth-order valence-corrected chi connectivity index (χ4v) is 3.06. The minimum Gasteiger partial charge on any atom is -0.298 e. The lowest BCUT2D eigenvalue weighted by Gasteiger charge is -2.11. The molecule has 24 heavy (non-hydrogen) atoms. The number of fused-ring (bicyclic) bond motifs is 1. The van der Waals surface area contributed by atoms with E-state index in [9.17, 15) is 14.0 Å². The van der Waals surface area contributed by atoms with E-state index in [2.05, 4.69) is 11.1 Å². The van der Waals surface area contributed by atoms with Crippen molar-refractivity contribution < 1.29 is 8.78 Å². The predicted octanol–water partition coefficient (Wildman–Crippen LogP) is 4.67. The molecule has 0 N–H and O–H groups in total. The summed E-state index contributed by atoms with van der Waals surface area (Å²) in [7, 11) is 0. The normalized spacial score (nSPS) is 16.1. The van der Waals surface area contributed by atoms with Gasteiger partial charge < -0.3 is 0 Å². The molecule has 0 unspecified atom stereocenters. The monoisotopic (exact) mass is 323 g/mol. The first-order valence-corrected chi connectivity index (χ1v) is 7.81. The quantitative estimate of drug-likeness (QED) is 0.703. The van der Waals surface area contributed by atoms with Gasteiger partial charge in [-0.3, -0.25) is 4.40 Å². The first-order valence-electron chi connectivity index (χ1n) is 7.81. The molecule has 0 spiro atoms. The maximum absolute atomic E-state index is 13.7. The van der Waals surface area contributed by atoms with E-state index in [0.29, 0.717) is 5.52 Å². The van der Waals surface area contributed by atoms with Crippen molar-refractivity contribution in [3.63, 3.8) is 0 Å². The Hall–Kier alpha value is -2.74. The summed E-state index contributed by atoms with van der Waals surface area (Å²) in [6.07, 6.45) is 4.93. The number of alkyl halides is 2. The number of benzene rings is 1. The Bertz CT molecular complexity index is 955. The van der Waals surface area contributed by atoms with Crippen molar-refractivity contribution in [1.29, 1.82) is 5.26 Å². The van der Waals surface area contributed by atoms with E-state index in [1.165, 1.54) is 10.6 Å². The third-order valence-electron chi connectivity index (χ3n) is 4.65. The second-order valence-electron chi connectivity index (χ2n) is 6.45. The molecule has 0 atom stereocenters. The number of imidazole rings is 1. The van der Waals surface area contributed by atoms with Crippen molar-refractivity contribution in [3.05, 3.63) is 60.2 Å². The summed E-state index contributed by atoms with van der Waals surface area (Å²) < 4.78 is 28.8. The molecule has 1 aliphatic rings.